The van der Waals surface area contributed by atoms with Gasteiger partial charge in [0.15, 0.2) is 0 Å². The third-order valence-corrected chi connectivity index (χ3v) is 3.25. The first-order valence-electron chi connectivity index (χ1n) is 6.65. The van der Waals surface area contributed by atoms with Gasteiger partial charge in [0.05, 0.1) is 19.1 Å². The molecule has 1 aliphatic rings. The molecule has 2 aromatic rings. The Bertz CT molecular complexity index is 661. The van der Waals surface area contributed by atoms with Crippen molar-refractivity contribution in [3.05, 3.63) is 30.4 Å². The molecule has 7 nitrogen and oxygen atoms in total. The number of aromatic nitrogens is 3. The molecule has 1 atom stereocenters. The first-order valence-corrected chi connectivity index (χ1v) is 6.65. The van der Waals surface area contributed by atoms with Gasteiger partial charge < -0.3 is 9.84 Å². The van der Waals surface area contributed by atoms with Gasteiger partial charge in [0.25, 0.3) is 5.92 Å². The lowest BCUT2D eigenvalue weighted by Crippen LogP contribution is -2.40. The Kier molecular flexibility index (Phi) is 3.80. The second-order valence-electron chi connectivity index (χ2n) is 4.96. The molecule has 1 amide bonds. The Labute approximate surface area is 124 Å². The van der Waals surface area contributed by atoms with E-state index < -0.39 is 30.8 Å². The quantitative estimate of drug-likeness (QED) is 0.865. The number of carbonyl (C=O) groups excluding carboxylic acids is 1. The molecule has 9 heteroatoms. The van der Waals surface area contributed by atoms with Crippen molar-refractivity contribution < 1.29 is 18.1 Å². The predicted molar refractivity (Wildman–Crippen MR) is 70.7 cm³/mol. The number of nitrogens with one attached hydrogen (secondary N) is 2. The fourth-order valence-electron chi connectivity index (χ4n) is 2.13. The summed E-state index contributed by atoms with van der Waals surface area (Å²) in [5.41, 5.74) is 0.730. The van der Waals surface area contributed by atoms with E-state index in [1.807, 2.05) is 0 Å². The third kappa shape index (κ3) is 3.25. The van der Waals surface area contributed by atoms with Gasteiger partial charge in [0.1, 0.15) is 0 Å². The van der Waals surface area contributed by atoms with Crippen LogP contribution in [-0.2, 0) is 11.3 Å². The summed E-state index contributed by atoms with van der Waals surface area (Å²) in [5, 5.41) is 8.76. The number of halogens is 2. The number of nitrogens with zero attached hydrogens (tertiary/aromatic N) is 3. The zero-order valence-corrected chi connectivity index (χ0v) is 11.4. The lowest BCUT2D eigenvalue weighted by Gasteiger charge is -2.09. The van der Waals surface area contributed by atoms with Gasteiger partial charge in [-0.05, 0) is 12.1 Å². The minimum absolute atomic E-state index is 0.0132. The molecular formula is C13H13F2N5O2. The van der Waals surface area contributed by atoms with Crippen LogP contribution in [-0.4, -0.2) is 39.5 Å². The smallest absolute Gasteiger partial charge is 0.262 e. The van der Waals surface area contributed by atoms with E-state index in [0.717, 1.165) is 5.56 Å². The fourth-order valence-corrected chi connectivity index (χ4v) is 2.13. The average Bonchev–Trinajstić information content (AvgIpc) is 3.12. The van der Waals surface area contributed by atoms with Crippen LogP contribution in [0.3, 0.4) is 0 Å². The van der Waals surface area contributed by atoms with Crippen LogP contribution in [0.2, 0.25) is 0 Å². The Morgan fingerprint density at radius 2 is 2.23 bits per heavy atom. The molecule has 2 N–H and O–H groups in total. The van der Waals surface area contributed by atoms with Crippen molar-refractivity contribution in [1.29, 1.82) is 0 Å². The number of hydrogen-bond donors (Lipinski definition) is 2. The number of alkyl halides is 2. The molecule has 116 valence electrons. The minimum Gasteiger partial charge on any atom is -0.346 e. The van der Waals surface area contributed by atoms with Crippen LogP contribution < -0.4 is 10.6 Å². The summed E-state index contributed by atoms with van der Waals surface area (Å²) >= 11 is 0. The third-order valence-electron chi connectivity index (χ3n) is 3.25. The Morgan fingerprint density at radius 1 is 1.45 bits per heavy atom. The van der Waals surface area contributed by atoms with Gasteiger partial charge in [-0.2, -0.15) is 4.98 Å². The maximum atomic E-state index is 13.0. The monoisotopic (exact) mass is 309 g/mol. The molecule has 1 aliphatic heterocycles. The minimum atomic E-state index is -2.85. The number of amides is 1. The molecular weight excluding hydrogens is 296 g/mol. The first kappa shape index (κ1) is 14.5. The summed E-state index contributed by atoms with van der Waals surface area (Å²) in [7, 11) is 0. The van der Waals surface area contributed by atoms with Crippen LogP contribution in [0.15, 0.2) is 29.0 Å². The van der Waals surface area contributed by atoms with Crippen molar-refractivity contribution in [2.24, 2.45) is 0 Å². The van der Waals surface area contributed by atoms with Gasteiger partial charge >= 0.3 is 0 Å². The highest BCUT2D eigenvalue weighted by atomic mass is 19.3. The van der Waals surface area contributed by atoms with Crippen molar-refractivity contribution >= 4 is 5.91 Å². The fraction of sp³-hybridized carbons (Fsp3) is 0.385. The van der Waals surface area contributed by atoms with Crippen LogP contribution in [0.4, 0.5) is 8.78 Å². The highest BCUT2D eigenvalue weighted by Crippen LogP contribution is 2.25. The topological polar surface area (TPSA) is 92.9 Å². The molecule has 1 fully saturated rings. The Hall–Kier alpha value is -2.42. The van der Waals surface area contributed by atoms with Crippen molar-refractivity contribution in [1.82, 2.24) is 25.8 Å². The van der Waals surface area contributed by atoms with Crippen molar-refractivity contribution in [3.8, 4) is 11.4 Å². The average molecular weight is 309 g/mol. The van der Waals surface area contributed by atoms with Crippen LogP contribution in [0, 0.1) is 0 Å². The second kappa shape index (κ2) is 5.76. The van der Waals surface area contributed by atoms with Gasteiger partial charge in [-0.15, -0.1) is 0 Å². The molecule has 2 aromatic heterocycles. The van der Waals surface area contributed by atoms with E-state index >= 15 is 0 Å². The lowest BCUT2D eigenvalue weighted by atomic mass is 10.2. The highest BCUT2D eigenvalue weighted by molar-refractivity contribution is 5.82. The van der Waals surface area contributed by atoms with E-state index in [0.29, 0.717) is 5.82 Å². The molecule has 1 unspecified atom stereocenters. The Morgan fingerprint density at radius 3 is 2.91 bits per heavy atom. The zero-order chi connectivity index (χ0) is 15.6. The molecule has 1 saturated heterocycles. The molecule has 0 saturated carbocycles. The second-order valence-corrected chi connectivity index (χ2v) is 4.96. The predicted octanol–water partition coefficient (Wildman–Crippen LogP) is 0.745. The van der Waals surface area contributed by atoms with Crippen molar-refractivity contribution in [2.45, 2.75) is 24.9 Å². The van der Waals surface area contributed by atoms with Gasteiger partial charge in [0.2, 0.25) is 17.6 Å². The van der Waals surface area contributed by atoms with E-state index in [-0.39, 0.29) is 12.4 Å². The summed E-state index contributed by atoms with van der Waals surface area (Å²) in [6.45, 7) is -0.501. The molecule has 0 radical (unpaired) electrons. The van der Waals surface area contributed by atoms with E-state index in [9.17, 15) is 13.6 Å². The number of hydrogen-bond acceptors (Lipinski definition) is 6. The molecule has 0 bridgehead atoms. The number of pyridine rings is 1. The molecule has 0 spiro atoms. The van der Waals surface area contributed by atoms with Crippen molar-refractivity contribution in [3.63, 3.8) is 0 Å². The van der Waals surface area contributed by atoms with Crippen LogP contribution >= 0.6 is 0 Å². The zero-order valence-electron chi connectivity index (χ0n) is 11.4. The lowest BCUT2D eigenvalue weighted by molar-refractivity contribution is -0.123. The molecule has 0 aliphatic carbocycles. The normalized spacial score (nSPS) is 20.0. The molecule has 22 heavy (non-hydrogen) atoms. The van der Waals surface area contributed by atoms with Crippen molar-refractivity contribution in [2.75, 3.05) is 6.54 Å². The van der Waals surface area contributed by atoms with Gasteiger partial charge in [-0.25, -0.2) is 8.78 Å². The molecule has 3 heterocycles. The number of rotatable bonds is 4. The summed E-state index contributed by atoms with van der Waals surface area (Å²) in [6.07, 6.45) is 2.68. The molecule has 3 rings (SSSR count). The SMILES string of the molecule is O=C(NCc1nc(-c2ccncc2)no1)C1CC(F)(F)CN1. The van der Waals surface area contributed by atoms with Crippen LogP contribution in [0.5, 0.6) is 0 Å². The summed E-state index contributed by atoms with van der Waals surface area (Å²) in [5.74, 6) is -2.79. The highest BCUT2D eigenvalue weighted by Gasteiger charge is 2.42. The standard InChI is InChI=1S/C13H13F2N5O2/c14-13(15)5-9(18-7-13)12(21)17-6-10-19-11(20-22-10)8-1-3-16-4-2-8/h1-4,9,18H,5-7H2,(H,17,21). The Balaban J connectivity index is 1.56. The van der Waals surface area contributed by atoms with E-state index in [2.05, 4.69) is 25.8 Å². The first-order chi connectivity index (χ1) is 10.5. The molecule has 0 aromatic carbocycles. The number of carbonyl (C=O) groups is 1. The van der Waals surface area contributed by atoms with E-state index in [1.165, 1.54) is 0 Å². The van der Waals surface area contributed by atoms with Gasteiger partial charge in [-0.3, -0.25) is 15.1 Å². The summed E-state index contributed by atoms with van der Waals surface area (Å²) < 4.78 is 31.0. The van der Waals surface area contributed by atoms with Gasteiger partial charge in [0, 0.05) is 24.4 Å². The van der Waals surface area contributed by atoms with Crippen LogP contribution in [0.25, 0.3) is 11.4 Å². The van der Waals surface area contributed by atoms with E-state index in [1.54, 1.807) is 24.5 Å². The summed E-state index contributed by atoms with van der Waals surface area (Å²) in [6, 6.07) is 2.53. The van der Waals surface area contributed by atoms with Gasteiger partial charge in [-0.1, -0.05) is 5.16 Å². The largest absolute Gasteiger partial charge is 0.346 e. The maximum absolute atomic E-state index is 13.0. The van der Waals surface area contributed by atoms with E-state index in [4.69, 9.17) is 4.52 Å². The van der Waals surface area contributed by atoms with Crippen LogP contribution in [0.1, 0.15) is 12.3 Å². The summed E-state index contributed by atoms with van der Waals surface area (Å²) in [4.78, 5) is 19.8. The maximum Gasteiger partial charge on any atom is 0.262 e.